The van der Waals surface area contributed by atoms with Gasteiger partial charge in [-0.05, 0) is 88.4 Å². The average molecular weight is 333 g/mol. The highest BCUT2D eigenvalue weighted by atomic mass is 32.1. The zero-order valence-electron chi connectivity index (χ0n) is 14.9. The predicted molar refractivity (Wildman–Crippen MR) is 99.0 cm³/mol. The topological polar surface area (TPSA) is 6.48 Å². The molecular weight excluding hydrogens is 300 g/mol. The number of hydrogen-bond donors (Lipinski definition) is 0. The van der Waals surface area contributed by atoms with Crippen molar-refractivity contribution in [3.63, 3.8) is 0 Å². The van der Waals surface area contributed by atoms with Gasteiger partial charge in [0, 0.05) is 18.0 Å². The lowest BCUT2D eigenvalue weighted by molar-refractivity contribution is 0.0392. The fourth-order valence-corrected chi connectivity index (χ4v) is 6.35. The molecule has 2 saturated carbocycles. The molecule has 1 saturated heterocycles. The summed E-state index contributed by atoms with van der Waals surface area (Å²) < 4.78 is 0. The summed E-state index contributed by atoms with van der Waals surface area (Å²) in [6.45, 7) is 4.15. The third-order valence-electron chi connectivity index (χ3n) is 7.23. The van der Waals surface area contributed by atoms with Crippen LogP contribution in [0.5, 0.6) is 0 Å². The molecule has 0 atom stereocenters. The Hall–Kier alpha value is -0.380. The molecule has 0 N–H and O–H groups in total. The zero-order chi connectivity index (χ0) is 15.9. The van der Waals surface area contributed by atoms with Crippen LogP contribution in [-0.2, 0) is 5.54 Å². The molecule has 2 heterocycles. The van der Waals surface area contributed by atoms with Gasteiger partial charge in [-0.1, -0.05) is 12.5 Å². The summed E-state index contributed by atoms with van der Waals surface area (Å²) in [7, 11) is 4.57. The maximum atomic E-state index is 2.80. The highest BCUT2D eigenvalue weighted by Crippen LogP contribution is 2.52. The first kappa shape index (κ1) is 16.1. The van der Waals surface area contributed by atoms with Gasteiger partial charge in [0.15, 0.2) is 0 Å². The second-order valence-electron chi connectivity index (χ2n) is 8.69. The van der Waals surface area contributed by atoms with Crippen molar-refractivity contribution in [3.05, 3.63) is 22.4 Å². The van der Waals surface area contributed by atoms with Gasteiger partial charge < -0.3 is 4.90 Å². The highest BCUT2D eigenvalue weighted by Gasteiger charge is 2.48. The predicted octanol–water partition coefficient (Wildman–Crippen LogP) is 4.57. The quantitative estimate of drug-likeness (QED) is 0.797. The van der Waals surface area contributed by atoms with Gasteiger partial charge in [-0.3, -0.25) is 4.90 Å². The lowest BCUT2D eigenvalue weighted by atomic mass is 9.66. The van der Waals surface area contributed by atoms with E-state index in [0.717, 1.165) is 5.92 Å². The van der Waals surface area contributed by atoms with E-state index in [1.54, 1.807) is 4.88 Å². The monoisotopic (exact) mass is 332 g/mol. The average Bonchev–Trinajstić information content (AvgIpc) is 3.15. The fourth-order valence-electron chi connectivity index (χ4n) is 5.28. The Balaban J connectivity index is 1.42. The van der Waals surface area contributed by atoms with Crippen LogP contribution in [0.15, 0.2) is 17.5 Å². The number of rotatable bonds is 4. The smallest absolute Gasteiger partial charge is 0.0549 e. The van der Waals surface area contributed by atoms with Crippen molar-refractivity contribution < 1.29 is 0 Å². The van der Waals surface area contributed by atoms with Gasteiger partial charge in [-0.2, -0.15) is 0 Å². The molecule has 3 fully saturated rings. The van der Waals surface area contributed by atoms with E-state index >= 15 is 0 Å². The molecule has 3 aliphatic rings. The van der Waals surface area contributed by atoms with Crippen molar-refractivity contribution in [2.45, 2.75) is 56.9 Å². The number of hydrogen-bond acceptors (Lipinski definition) is 3. The largest absolute Gasteiger partial charge is 0.302 e. The molecule has 0 radical (unpaired) electrons. The van der Waals surface area contributed by atoms with Crippen LogP contribution in [0, 0.1) is 11.3 Å². The number of thiophene rings is 1. The normalized spacial score (nSPS) is 36.0. The van der Waals surface area contributed by atoms with Crippen molar-refractivity contribution >= 4 is 11.3 Å². The maximum Gasteiger partial charge on any atom is 0.0549 e. The summed E-state index contributed by atoms with van der Waals surface area (Å²) in [4.78, 5) is 6.89. The molecule has 2 nitrogen and oxygen atoms in total. The maximum absolute atomic E-state index is 2.80. The third kappa shape index (κ3) is 2.89. The van der Waals surface area contributed by atoms with Crippen molar-refractivity contribution in [2.24, 2.45) is 11.3 Å². The molecule has 0 amide bonds. The first-order valence-corrected chi connectivity index (χ1v) is 10.4. The SMILES string of the molecule is CN(C)C1(c2cccs2)CCC2(CCN(CC3CCC3)C2)CC1. The number of nitrogens with zero attached hydrogens (tertiary/aromatic N) is 2. The molecule has 1 aromatic rings. The van der Waals surface area contributed by atoms with Gasteiger partial charge in [0.1, 0.15) is 0 Å². The Labute approximate surface area is 145 Å². The van der Waals surface area contributed by atoms with Crippen molar-refractivity contribution in [2.75, 3.05) is 33.7 Å². The van der Waals surface area contributed by atoms with Crippen LogP contribution in [0.4, 0.5) is 0 Å². The third-order valence-corrected chi connectivity index (χ3v) is 8.30. The minimum atomic E-state index is 0.306. The molecule has 1 spiro atoms. The standard InChI is InChI=1S/C20H32N2S/c1-21(2)20(18-7-4-14-23-18)10-8-19(9-11-20)12-13-22(16-19)15-17-5-3-6-17/h4,7,14,17H,3,5-6,8-13,15-16H2,1-2H3. The Kier molecular flexibility index (Phi) is 4.32. The minimum absolute atomic E-state index is 0.306. The van der Waals surface area contributed by atoms with Crippen molar-refractivity contribution in [1.29, 1.82) is 0 Å². The minimum Gasteiger partial charge on any atom is -0.302 e. The van der Waals surface area contributed by atoms with Gasteiger partial charge in [0.25, 0.3) is 0 Å². The Bertz CT molecular complexity index is 510. The number of likely N-dealkylation sites (tertiary alicyclic amines) is 1. The summed E-state index contributed by atoms with van der Waals surface area (Å²) in [5, 5.41) is 2.25. The van der Waals surface area contributed by atoms with Crippen LogP contribution in [0.25, 0.3) is 0 Å². The van der Waals surface area contributed by atoms with Crippen molar-refractivity contribution in [3.8, 4) is 0 Å². The van der Waals surface area contributed by atoms with Crippen LogP contribution in [0.2, 0.25) is 0 Å². The Morgan fingerprint density at radius 3 is 2.52 bits per heavy atom. The van der Waals surface area contributed by atoms with Crippen LogP contribution in [0.3, 0.4) is 0 Å². The van der Waals surface area contributed by atoms with E-state index in [4.69, 9.17) is 0 Å². The van der Waals surface area contributed by atoms with Crippen LogP contribution >= 0.6 is 11.3 Å². The molecule has 0 aromatic carbocycles. The van der Waals surface area contributed by atoms with E-state index in [9.17, 15) is 0 Å². The Morgan fingerprint density at radius 2 is 1.96 bits per heavy atom. The molecule has 1 aliphatic heterocycles. The second kappa shape index (κ2) is 6.16. The lowest BCUT2D eigenvalue weighted by Gasteiger charge is -2.48. The summed E-state index contributed by atoms with van der Waals surface area (Å²) >= 11 is 1.96. The van der Waals surface area contributed by atoms with E-state index < -0.39 is 0 Å². The van der Waals surface area contributed by atoms with E-state index in [-0.39, 0.29) is 0 Å². The van der Waals surface area contributed by atoms with Crippen LogP contribution in [0.1, 0.15) is 56.2 Å². The first-order chi connectivity index (χ1) is 11.1. The van der Waals surface area contributed by atoms with Gasteiger partial charge in [-0.15, -0.1) is 11.3 Å². The summed E-state index contributed by atoms with van der Waals surface area (Å²) in [5.41, 5.74) is 0.946. The molecule has 128 valence electrons. The van der Waals surface area contributed by atoms with Gasteiger partial charge in [0.05, 0.1) is 5.54 Å². The summed E-state index contributed by atoms with van der Waals surface area (Å²) in [6, 6.07) is 4.59. The highest BCUT2D eigenvalue weighted by molar-refractivity contribution is 7.10. The van der Waals surface area contributed by atoms with E-state index in [1.165, 1.54) is 71.0 Å². The molecule has 3 heteroatoms. The Morgan fingerprint density at radius 1 is 1.17 bits per heavy atom. The van der Waals surface area contributed by atoms with Gasteiger partial charge in [-0.25, -0.2) is 0 Å². The molecule has 1 aromatic heterocycles. The molecule has 23 heavy (non-hydrogen) atoms. The van der Waals surface area contributed by atoms with E-state index in [0.29, 0.717) is 11.0 Å². The molecule has 0 bridgehead atoms. The molecular formula is C20H32N2S. The summed E-state index contributed by atoms with van der Waals surface area (Å²) in [6.07, 6.45) is 11.4. The first-order valence-electron chi connectivity index (χ1n) is 9.56. The molecule has 2 aliphatic carbocycles. The fraction of sp³-hybridized carbons (Fsp3) is 0.800. The summed E-state index contributed by atoms with van der Waals surface area (Å²) in [5.74, 6) is 1.03. The van der Waals surface area contributed by atoms with Gasteiger partial charge >= 0.3 is 0 Å². The van der Waals surface area contributed by atoms with Crippen molar-refractivity contribution in [1.82, 2.24) is 9.80 Å². The molecule has 4 rings (SSSR count). The second-order valence-corrected chi connectivity index (χ2v) is 9.63. The van der Waals surface area contributed by atoms with Crippen LogP contribution < -0.4 is 0 Å². The van der Waals surface area contributed by atoms with Gasteiger partial charge in [0.2, 0.25) is 0 Å². The zero-order valence-corrected chi connectivity index (χ0v) is 15.7. The van der Waals surface area contributed by atoms with E-state index in [2.05, 4.69) is 41.4 Å². The van der Waals surface area contributed by atoms with E-state index in [1.807, 2.05) is 11.3 Å². The molecule has 0 unspecified atom stereocenters. The lowest BCUT2D eigenvalue weighted by Crippen LogP contribution is -2.47. The van der Waals surface area contributed by atoms with Crippen LogP contribution in [-0.4, -0.2) is 43.5 Å².